The third-order valence-electron chi connectivity index (χ3n) is 3.60. The van der Waals surface area contributed by atoms with E-state index in [9.17, 15) is 13.6 Å². The smallest absolute Gasteiger partial charge is 0.262 e. The molecule has 0 saturated carbocycles. The third kappa shape index (κ3) is 4.93. The minimum Gasteiger partial charge on any atom is -0.352 e. The van der Waals surface area contributed by atoms with Crippen LogP contribution in [-0.2, 0) is 11.2 Å². The summed E-state index contributed by atoms with van der Waals surface area (Å²) in [5.41, 5.74) is 2.32. The van der Waals surface area contributed by atoms with Crippen LogP contribution in [-0.4, -0.2) is 30.5 Å². The summed E-state index contributed by atoms with van der Waals surface area (Å²) in [5.74, 6) is -3.12. The Labute approximate surface area is 129 Å². The molecule has 1 saturated heterocycles. The van der Waals surface area contributed by atoms with E-state index in [2.05, 4.69) is 10.6 Å². The van der Waals surface area contributed by atoms with Crippen LogP contribution in [0.15, 0.2) is 24.3 Å². The van der Waals surface area contributed by atoms with Crippen LogP contribution in [0, 0.1) is 6.92 Å². The Morgan fingerprint density at radius 1 is 1.48 bits per heavy atom. The molecule has 0 bridgehead atoms. The lowest BCUT2D eigenvalue weighted by molar-refractivity contribution is -0.124. The normalized spacial score (nSPS) is 21.4. The molecule has 0 aliphatic carbocycles. The van der Waals surface area contributed by atoms with Gasteiger partial charge in [0, 0.05) is 12.5 Å². The topological polar surface area (TPSA) is 41.1 Å². The number of benzene rings is 1. The van der Waals surface area contributed by atoms with E-state index in [-0.39, 0.29) is 24.4 Å². The van der Waals surface area contributed by atoms with Gasteiger partial charge in [-0.05, 0) is 31.4 Å². The van der Waals surface area contributed by atoms with E-state index in [1.807, 2.05) is 38.1 Å². The number of hydrogen-bond acceptors (Lipinski definition) is 2. The fraction of sp³-hybridized carbons (Fsp3) is 0.533. The summed E-state index contributed by atoms with van der Waals surface area (Å²) in [6.07, 6.45) is 0.275. The first kappa shape index (κ1) is 17.9. The van der Waals surface area contributed by atoms with Gasteiger partial charge in [-0.25, -0.2) is 8.78 Å². The second-order valence-electron chi connectivity index (χ2n) is 5.53. The summed E-state index contributed by atoms with van der Waals surface area (Å²) in [5, 5.41) is 5.37. The minimum absolute atomic E-state index is 0. The van der Waals surface area contributed by atoms with Crippen molar-refractivity contribution in [3.63, 3.8) is 0 Å². The highest BCUT2D eigenvalue weighted by molar-refractivity contribution is 5.85. The maximum absolute atomic E-state index is 13.0. The Bertz CT molecular complexity index is 496. The molecule has 2 atom stereocenters. The van der Waals surface area contributed by atoms with Gasteiger partial charge in [0.15, 0.2) is 0 Å². The molecule has 0 radical (unpaired) electrons. The molecule has 3 nitrogen and oxygen atoms in total. The van der Waals surface area contributed by atoms with Crippen LogP contribution in [0.25, 0.3) is 0 Å². The number of carbonyl (C=O) groups excluding carboxylic acids is 1. The maximum atomic E-state index is 13.0. The number of halogens is 3. The molecule has 1 aliphatic rings. The van der Waals surface area contributed by atoms with Gasteiger partial charge in [0.1, 0.15) is 0 Å². The average molecular weight is 319 g/mol. The predicted molar refractivity (Wildman–Crippen MR) is 81.1 cm³/mol. The Morgan fingerprint density at radius 3 is 2.71 bits per heavy atom. The molecule has 1 amide bonds. The summed E-state index contributed by atoms with van der Waals surface area (Å²) in [7, 11) is 0. The van der Waals surface area contributed by atoms with Gasteiger partial charge >= 0.3 is 0 Å². The summed E-state index contributed by atoms with van der Waals surface area (Å²) >= 11 is 0. The van der Waals surface area contributed by atoms with Gasteiger partial charge in [0.25, 0.3) is 5.92 Å². The van der Waals surface area contributed by atoms with Crippen molar-refractivity contribution in [1.29, 1.82) is 0 Å². The van der Waals surface area contributed by atoms with Crippen LogP contribution in [0.2, 0.25) is 0 Å². The molecule has 21 heavy (non-hydrogen) atoms. The van der Waals surface area contributed by atoms with Crippen molar-refractivity contribution in [2.24, 2.45) is 0 Å². The quantitative estimate of drug-likeness (QED) is 0.895. The number of alkyl halides is 2. The first-order chi connectivity index (χ1) is 9.37. The molecule has 1 aromatic rings. The summed E-state index contributed by atoms with van der Waals surface area (Å²) in [6, 6.07) is 7.08. The number of rotatable bonds is 4. The second kappa shape index (κ2) is 7.18. The van der Waals surface area contributed by atoms with Crippen LogP contribution >= 0.6 is 12.4 Å². The second-order valence-corrected chi connectivity index (χ2v) is 5.53. The first-order valence-electron chi connectivity index (χ1n) is 6.83. The summed E-state index contributed by atoms with van der Waals surface area (Å²) < 4.78 is 26.1. The number of amides is 1. The van der Waals surface area contributed by atoms with E-state index >= 15 is 0 Å². The highest BCUT2D eigenvalue weighted by atomic mass is 35.5. The van der Waals surface area contributed by atoms with E-state index in [1.54, 1.807) is 0 Å². The summed E-state index contributed by atoms with van der Waals surface area (Å²) in [6.45, 7) is 3.48. The van der Waals surface area contributed by atoms with E-state index in [0.29, 0.717) is 6.42 Å². The molecule has 1 aromatic carbocycles. The lowest BCUT2D eigenvalue weighted by Crippen LogP contribution is -2.44. The van der Waals surface area contributed by atoms with E-state index in [0.717, 1.165) is 5.56 Å². The van der Waals surface area contributed by atoms with Crippen LogP contribution in [0.5, 0.6) is 0 Å². The fourth-order valence-electron chi connectivity index (χ4n) is 2.46. The molecule has 2 unspecified atom stereocenters. The Morgan fingerprint density at radius 2 is 2.14 bits per heavy atom. The fourth-order valence-corrected chi connectivity index (χ4v) is 2.46. The van der Waals surface area contributed by atoms with Gasteiger partial charge in [-0.3, -0.25) is 10.1 Å². The van der Waals surface area contributed by atoms with Gasteiger partial charge in [-0.1, -0.05) is 24.3 Å². The van der Waals surface area contributed by atoms with Crippen LogP contribution in [0.4, 0.5) is 8.78 Å². The standard InChI is InChI=1S/C15H20F2N2O.ClH/c1-10-5-3-4-6-12(10)7-11(2)19-14(20)13-8-15(16,17)9-18-13;/h3-6,11,13,18H,7-9H2,1-2H3,(H,19,20);1H. The lowest BCUT2D eigenvalue weighted by Gasteiger charge is -2.18. The summed E-state index contributed by atoms with van der Waals surface area (Å²) in [4.78, 5) is 11.9. The number of hydrogen-bond donors (Lipinski definition) is 2. The molecule has 1 heterocycles. The van der Waals surface area contributed by atoms with Crippen LogP contribution in [0.3, 0.4) is 0 Å². The van der Waals surface area contributed by atoms with Crippen molar-refractivity contribution in [3.05, 3.63) is 35.4 Å². The molecular weight excluding hydrogens is 298 g/mol. The van der Waals surface area contributed by atoms with Crippen molar-refractivity contribution >= 4 is 18.3 Å². The molecule has 2 N–H and O–H groups in total. The lowest BCUT2D eigenvalue weighted by atomic mass is 10.0. The molecular formula is C15H21ClF2N2O. The molecule has 6 heteroatoms. The number of aryl methyl sites for hydroxylation is 1. The van der Waals surface area contributed by atoms with E-state index in [4.69, 9.17) is 0 Å². The Kier molecular flexibility index (Phi) is 6.10. The highest BCUT2D eigenvalue weighted by Crippen LogP contribution is 2.25. The first-order valence-corrected chi connectivity index (χ1v) is 6.83. The van der Waals surface area contributed by atoms with Crippen molar-refractivity contribution in [3.8, 4) is 0 Å². The SMILES string of the molecule is Cc1ccccc1CC(C)NC(=O)C1CC(F)(F)CN1.Cl. The Balaban J connectivity index is 0.00000220. The number of carbonyl (C=O) groups is 1. The van der Waals surface area contributed by atoms with Gasteiger partial charge in [0.2, 0.25) is 5.91 Å². The largest absolute Gasteiger partial charge is 0.352 e. The molecule has 118 valence electrons. The van der Waals surface area contributed by atoms with Crippen molar-refractivity contribution in [1.82, 2.24) is 10.6 Å². The van der Waals surface area contributed by atoms with Crippen molar-refractivity contribution in [2.75, 3.05) is 6.54 Å². The molecule has 1 fully saturated rings. The third-order valence-corrected chi connectivity index (χ3v) is 3.60. The zero-order chi connectivity index (χ0) is 14.8. The number of nitrogens with one attached hydrogen (secondary N) is 2. The van der Waals surface area contributed by atoms with Crippen LogP contribution in [0.1, 0.15) is 24.5 Å². The van der Waals surface area contributed by atoms with E-state index in [1.165, 1.54) is 5.56 Å². The Hall–Kier alpha value is -1.20. The highest BCUT2D eigenvalue weighted by Gasteiger charge is 2.42. The van der Waals surface area contributed by atoms with Crippen molar-refractivity contribution in [2.45, 2.75) is 44.7 Å². The molecule has 2 rings (SSSR count). The van der Waals surface area contributed by atoms with E-state index < -0.39 is 24.9 Å². The van der Waals surface area contributed by atoms with Gasteiger partial charge < -0.3 is 5.32 Å². The van der Waals surface area contributed by atoms with Crippen molar-refractivity contribution < 1.29 is 13.6 Å². The molecule has 1 aliphatic heterocycles. The predicted octanol–water partition coefficient (Wildman–Crippen LogP) is 2.46. The van der Waals surface area contributed by atoms with Crippen LogP contribution < -0.4 is 10.6 Å². The van der Waals surface area contributed by atoms with Gasteiger partial charge in [-0.2, -0.15) is 0 Å². The molecule has 0 spiro atoms. The monoisotopic (exact) mass is 318 g/mol. The molecule has 0 aromatic heterocycles. The maximum Gasteiger partial charge on any atom is 0.262 e. The van der Waals surface area contributed by atoms with Gasteiger partial charge in [0.05, 0.1) is 12.6 Å². The average Bonchev–Trinajstić information content (AvgIpc) is 2.73. The minimum atomic E-state index is -2.78. The zero-order valence-corrected chi connectivity index (χ0v) is 13.0. The van der Waals surface area contributed by atoms with Gasteiger partial charge in [-0.15, -0.1) is 12.4 Å². The zero-order valence-electron chi connectivity index (χ0n) is 12.2.